The third-order valence-electron chi connectivity index (χ3n) is 5.47. The zero-order valence-corrected chi connectivity index (χ0v) is 18.1. The number of fused-ring (bicyclic) bond motifs is 4. The van der Waals surface area contributed by atoms with Crippen molar-refractivity contribution < 1.29 is 9.53 Å². The van der Waals surface area contributed by atoms with Crippen LogP contribution in [0.4, 0.5) is 5.69 Å². The summed E-state index contributed by atoms with van der Waals surface area (Å²) in [5.41, 5.74) is 3.28. The molecule has 0 unspecified atom stereocenters. The fourth-order valence-corrected chi connectivity index (χ4v) is 3.87. The lowest BCUT2D eigenvalue weighted by atomic mass is 10.1. The fraction of sp³-hybridized carbons (Fsp3) is 0.0769. The fourth-order valence-electron chi connectivity index (χ4n) is 3.87. The van der Waals surface area contributed by atoms with Gasteiger partial charge < -0.3 is 9.72 Å². The van der Waals surface area contributed by atoms with Crippen LogP contribution in [0, 0.1) is 0 Å². The molecule has 0 aliphatic heterocycles. The van der Waals surface area contributed by atoms with Crippen molar-refractivity contribution in [2.24, 2.45) is 10.2 Å². The summed E-state index contributed by atoms with van der Waals surface area (Å²) in [6.45, 7) is 1.71. The second-order valence-electron chi connectivity index (χ2n) is 7.61. The summed E-state index contributed by atoms with van der Waals surface area (Å²) in [6.07, 6.45) is 1.44. The Labute approximate surface area is 188 Å². The molecular weight excluding hydrogens is 416 g/mol. The molecule has 0 aliphatic carbocycles. The van der Waals surface area contributed by atoms with Crippen LogP contribution in [0.15, 0.2) is 99.6 Å². The van der Waals surface area contributed by atoms with Crippen LogP contribution in [0.2, 0.25) is 0 Å². The molecule has 5 aromatic rings. The first-order valence-electron chi connectivity index (χ1n) is 10.4. The highest BCUT2D eigenvalue weighted by molar-refractivity contribution is 6.05. The van der Waals surface area contributed by atoms with Crippen molar-refractivity contribution in [1.29, 1.82) is 0 Å². The largest absolute Gasteiger partial charge is 0.497 e. The van der Waals surface area contributed by atoms with E-state index in [1.807, 2.05) is 48.5 Å². The van der Waals surface area contributed by atoms with Gasteiger partial charge in [-0.1, -0.05) is 42.5 Å². The Morgan fingerprint density at radius 2 is 1.76 bits per heavy atom. The Morgan fingerprint density at radius 3 is 2.55 bits per heavy atom. The van der Waals surface area contributed by atoms with Gasteiger partial charge in [0.25, 0.3) is 5.56 Å². The number of para-hydroxylation sites is 1. The van der Waals surface area contributed by atoms with Crippen molar-refractivity contribution in [1.82, 2.24) is 9.38 Å². The third kappa shape index (κ3) is 3.59. The number of carbonyl (C=O) groups is 1. The lowest BCUT2D eigenvalue weighted by molar-refractivity contribution is 0.104. The van der Waals surface area contributed by atoms with Crippen LogP contribution in [0.1, 0.15) is 17.3 Å². The summed E-state index contributed by atoms with van der Waals surface area (Å²) >= 11 is 0. The number of rotatable bonds is 5. The van der Waals surface area contributed by atoms with Gasteiger partial charge in [-0.25, -0.2) is 0 Å². The van der Waals surface area contributed by atoms with Gasteiger partial charge in [0.05, 0.1) is 29.2 Å². The van der Waals surface area contributed by atoms with Gasteiger partial charge in [-0.05, 0) is 37.3 Å². The van der Waals surface area contributed by atoms with E-state index in [4.69, 9.17) is 4.74 Å². The number of aromatic amines is 1. The highest BCUT2D eigenvalue weighted by Gasteiger charge is 2.17. The minimum absolute atomic E-state index is 0.150. The number of carbonyl (C=O) groups excluding carboxylic acids is 1. The maximum atomic E-state index is 13.3. The molecule has 0 aliphatic rings. The average molecular weight is 436 g/mol. The predicted octanol–water partition coefficient (Wildman–Crippen LogP) is 5.81. The molecule has 0 saturated carbocycles. The molecule has 5 rings (SSSR count). The normalized spacial score (nSPS) is 12.2. The second-order valence-corrected chi connectivity index (χ2v) is 7.61. The van der Waals surface area contributed by atoms with Gasteiger partial charge in [-0.15, -0.1) is 5.11 Å². The molecule has 33 heavy (non-hydrogen) atoms. The Balaban J connectivity index is 1.69. The summed E-state index contributed by atoms with van der Waals surface area (Å²) in [6, 6.07) is 21.8. The van der Waals surface area contributed by atoms with Gasteiger partial charge >= 0.3 is 0 Å². The van der Waals surface area contributed by atoms with Gasteiger partial charge in [-0.3, -0.25) is 14.0 Å². The Hall–Kier alpha value is -4.52. The molecular formula is C26H20N4O3. The highest BCUT2D eigenvalue weighted by atomic mass is 16.5. The summed E-state index contributed by atoms with van der Waals surface area (Å²) in [5, 5.41) is 10.0. The zero-order valence-electron chi connectivity index (χ0n) is 18.1. The molecule has 1 N–H and O–H groups in total. The van der Waals surface area contributed by atoms with E-state index >= 15 is 0 Å². The van der Waals surface area contributed by atoms with Crippen molar-refractivity contribution in [3.8, 4) is 5.75 Å². The first kappa shape index (κ1) is 20.4. The first-order valence-corrected chi connectivity index (χ1v) is 10.4. The van der Waals surface area contributed by atoms with E-state index in [0.717, 1.165) is 0 Å². The molecule has 0 atom stereocenters. The van der Waals surface area contributed by atoms with Crippen molar-refractivity contribution in [3.63, 3.8) is 0 Å². The van der Waals surface area contributed by atoms with E-state index in [-0.39, 0.29) is 11.3 Å². The van der Waals surface area contributed by atoms with Crippen LogP contribution in [0.25, 0.3) is 27.5 Å². The van der Waals surface area contributed by atoms with E-state index in [0.29, 0.717) is 50.2 Å². The van der Waals surface area contributed by atoms with Crippen LogP contribution in [0.3, 0.4) is 0 Å². The van der Waals surface area contributed by atoms with E-state index in [1.165, 1.54) is 6.08 Å². The monoisotopic (exact) mass is 436 g/mol. The zero-order chi connectivity index (χ0) is 22.9. The van der Waals surface area contributed by atoms with Gasteiger partial charge in [-0.2, -0.15) is 5.11 Å². The number of nitrogens with one attached hydrogen (secondary N) is 1. The first-order chi connectivity index (χ1) is 16.1. The number of ketones is 1. The van der Waals surface area contributed by atoms with Crippen LogP contribution in [-0.2, 0) is 0 Å². The number of azo groups is 1. The van der Waals surface area contributed by atoms with E-state index < -0.39 is 0 Å². The molecule has 0 saturated heterocycles. The summed E-state index contributed by atoms with van der Waals surface area (Å²) in [5.74, 6) is 0.484. The summed E-state index contributed by atoms with van der Waals surface area (Å²) in [4.78, 5) is 29.1. The minimum atomic E-state index is -0.153. The second kappa shape index (κ2) is 8.20. The van der Waals surface area contributed by atoms with E-state index in [2.05, 4.69) is 15.2 Å². The number of nitrogens with zero attached hydrogens (tertiary/aromatic N) is 3. The standard InChI is InChI=1S/C26H20N4O3/c1-16(14-23(31)17-8-4-3-5-9-17)28-29-24-20-15-18(33-2)12-13-22(20)30-25(24)27-21-11-7-6-10-19(21)26(30)32/h3-15,27H,1-2H3. The number of hydrogen-bond acceptors (Lipinski definition) is 5. The number of aromatic nitrogens is 2. The van der Waals surface area contributed by atoms with Gasteiger partial charge in [0, 0.05) is 17.0 Å². The maximum Gasteiger partial charge on any atom is 0.266 e. The molecule has 0 fully saturated rings. The van der Waals surface area contributed by atoms with Crippen LogP contribution in [0.5, 0.6) is 5.75 Å². The Kier molecular flexibility index (Phi) is 5.06. The maximum absolute atomic E-state index is 13.3. The molecule has 0 amide bonds. The molecule has 7 heteroatoms. The lowest BCUT2D eigenvalue weighted by Crippen LogP contribution is -2.13. The number of ether oxygens (including phenoxy) is 1. The summed E-state index contributed by atoms with van der Waals surface area (Å²) in [7, 11) is 1.58. The third-order valence-corrected chi connectivity index (χ3v) is 5.47. The topological polar surface area (TPSA) is 88.3 Å². The van der Waals surface area contributed by atoms with Gasteiger partial charge in [0.1, 0.15) is 17.1 Å². The summed E-state index contributed by atoms with van der Waals surface area (Å²) < 4.78 is 6.98. The van der Waals surface area contributed by atoms with E-state index in [1.54, 1.807) is 42.7 Å². The average Bonchev–Trinajstić information content (AvgIpc) is 3.16. The predicted molar refractivity (Wildman–Crippen MR) is 129 cm³/mol. The molecule has 0 spiro atoms. The number of methoxy groups -OCH3 is 1. The van der Waals surface area contributed by atoms with E-state index in [9.17, 15) is 9.59 Å². The van der Waals surface area contributed by atoms with Crippen molar-refractivity contribution in [2.45, 2.75) is 6.92 Å². The van der Waals surface area contributed by atoms with Crippen molar-refractivity contribution >= 4 is 38.9 Å². The smallest absolute Gasteiger partial charge is 0.266 e. The Bertz CT molecular complexity index is 1640. The quantitative estimate of drug-likeness (QED) is 0.214. The minimum Gasteiger partial charge on any atom is -0.497 e. The molecule has 0 bridgehead atoms. The molecule has 2 aromatic heterocycles. The van der Waals surface area contributed by atoms with Crippen molar-refractivity contribution in [3.05, 3.63) is 100 Å². The Morgan fingerprint density at radius 1 is 1.00 bits per heavy atom. The van der Waals surface area contributed by atoms with Crippen LogP contribution in [-0.4, -0.2) is 22.3 Å². The highest BCUT2D eigenvalue weighted by Crippen LogP contribution is 2.35. The molecule has 7 nitrogen and oxygen atoms in total. The van der Waals surface area contributed by atoms with Crippen LogP contribution < -0.4 is 10.3 Å². The lowest BCUT2D eigenvalue weighted by Gasteiger charge is -2.02. The van der Waals surface area contributed by atoms with Gasteiger partial charge in [0.15, 0.2) is 5.78 Å². The SMILES string of the molecule is COc1ccc2c(c1)c(N=NC(C)=CC(=O)c1ccccc1)c1[nH]c3ccccc3c(=O)n12. The molecule has 162 valence electrons. The number of hydrogen-bond donors (Lipinski definition) is 1. The van der Waals surface area contributed by atoms with Crippen LogP contribution >= 0.6 is 0 Å². The number of allylic oxidation sites excluding steroid dienone is 2. The molecule has 3 aromatic carbocycles. The molecule has 2 heterocycles. The molecule has 0 radical (unpaired) electrons. The van der Waals surface area contributed by atoms with Gasteiger partial charge in [0.2, 0.25) is 0 Å². The van der Waals surface area contributed by atoms with Crippen molar-refractivity contribution in [2.75, 3.05) is 7.11 Å². The number of benzene rings is 3. The number of H-pyrrole nitrogens is 1.